The van der Waals surface area contributed by atoms with Crippen molar-refractivity contribution in [2.24, 2.45) is 0 Å². The lowest BCUT2D eigenvalue weighted by Crippen LogP contribution is -2.30. The number of anilines is 1. The number of hydrogen-bond acceptors (Lipinski definition) is 6. The van der Waals surface area contributed by atoms with E-state index in [0.717, 1.165) is 0 Å². The van der Waals surface area contributed by atoms with Crippen molar-refractivity contribution in [2.45, 2.75) is 9.79 Å². The summed E-state index contributed by atoms with van der Waals surface area (Å²) in [7, 11) is -2.08. The highest BCUT2D eigenvalue weighted by Crippen LogP contribution is 2.37. The van der Waals surface area contributed by atoms with Crippen molar-refractivity contribution in [3.63, 3.8) is 0 Å². The van der Waals surface area contributed by atoms with Crippen LogP contribution < -0.4 is 9.64 Å². The van der Waals surface area contributed by atoms with Gasteiger partial charge in [-0.05, 0) is 30.5 Å². The Morgan fingerprint density at radius 1 is 1.32 bits per heavy atom. The molecule has 0 saturated heterocycles. The summed E-state index contributed by atoms with van der Waals surface area (Å²) in [5.41, 5.74) is 0.828. The van der Waals surface area contributed by atoms with Gasteiger partial charge in [0.15, 0.2) is 9.84 Å². The van der Waals surface area contributed by atoms with Crippen LogP contribution in [-0.4, -0.2) is 33.6 Å². The zero-order valence-corrected chi connectivity index (χ0v) is 15.1. The van der Waals surface area contributed by atoms with Crippen molar-refractivity contribution >= 4 is 33.2 Å². The summed E-state index contributed by atoms with van der Waals surface area (Å²) in [5.74, 6) is -0.475. The van der Waals surface area contributed by atoms with Gasteiger partial charge in [0.25, 0.3) is 5.91 Å². The van der Waals surface area contributed by atoms with E-state index in [-0.39, 0.29) is 16.0 Å². The molecule has 1 amide bonds. The van der Waals surface area contributed by atoms with Crippen LogP contribution in [-0.2, 0) is 9.84 Å². The zero-order chi connectivity index (χ0) is 18.2. The summed E-state index contributed by atoms with van der Waals surface area (Å²) < 4.78 is 29.8. The number of benzene rings is 2. The molecule has 25 heavy (non-hydrogen) atoms. The Bertz CT molecular complexity index is 1010. The van der Waals surface area contributed by atoms with Crippen molar-refractivity contribution in [3.8, 4) is 11.8 Å². The largest absolute Gasteiger partial charge is 0.494 e. The number of carbonyl (C=O) groups excluding carboxylic acids is 1. The van der Waals surface area contributed by atoms with E-state index in [2.05, 4.69) is 0 Å². The predicted octanol–water partition coefficient (Wildman–Crippen LogP) is 2.68. The molecule has 128 valence electrons. The number of hydrogen-bond donors (Lipinski definition) is 0. The van der Waals surface area contributed by atoms with Gasteiger partial charge < -0.3 is 4.74 Å². The number of nitrogens with zero attached hydrogens (tertiary/aromatic N) is 2. The smallest absolute Gasteiger partial charge is 0.259 e. The van der Waals surface area contributed by atoms with E-state index in [1.54, 1.807) is 24.3 Å². The summed E-state index contributed by atoms with van der Waals surface area (Å²) in [6, 6.07) is 11.4. The van der Waals surface area contributed by atoms with E-state index in [0.29, 0.717) is 16.3 Å². The molecule has 2 aromatic rings. The number of thioether (sulfide) groups is 1. The van der Waals surface area contributed by atoms with Crippen LogP contribution in [0, 0.1) is 11.3 Å². The van der Waals surface area contributed by atoms with Gasteiger partial charge >= 0.3 is 0 Å². The first-order valence-corrected chi connectivity index (χ1v) is 10.1. The average molecular weight is 374 g/mol. The molecule has 0 saturated carbocycles. The minimum Gasteiger partial charge on any atom is -0.494 e. The molecule has 0 aliphatic carbocycles. The Balaban J connectivity index is 2.10. The third-order valence-corrected chi connectivity index (χ3v) is 6.24. The quantitative estimate of drug-likeness (QED) is 0.768. The standard InChI is InChI=1S/C17H14N2O4S2/c1-23-16-12(9-18)7-11(8-14(16)24-2)17(20)19-10-25(21,22)15-6-4-3-5-13(15)19/h3-8H,10H2,1-2H3. The van der Waals surface area contributed by atoms with Gasteiger partial charge in [0, 0.05) is 5.56 Å². The molecule has 6 nitrogen and oxygen atoms in total. The van der Waals surface area contributed by atoms with Crippen LogP contribution in [0.15, 0.2) is 46.2 Å². The molecule has 0 spiro atoms. The van der Waals surface area contributed by atoms with Crippen molar-refractivity contribution in [2.75, 3.05) is 24.1 Å². The Morgan fingerprint density at radius 2 is 2.04 bits per heavy atom. The average Bonchev–Trinajstić information content (AvgIpc) is 2.91. The van der Waals surface area contributed by atoms with E-state index in [4.69, 9.17) is 4.74 Å². The molecule has 0 aromatic heterocycles. The molecule has 0 N–H and O–H groups in total. The summed E-state index contributed by atoms with van der Waals surface area (Å²) >= 11 is 1.34. The van der Waals surface area contributed by atoms with E-state index in [1.165, 1.54) is 35.9 Å². The Morgan fingerprint density at radius 3 is 2.68 bits per heavy atom. The summed E-state index contributed by atoms with van der Waals surface area (Å²) in [5, 5.41) is 9.32. The number of fused-ring (bicyclic) bond motifs is 1. The number of methoxy groups -OCH3 is 1. The molecule has 2 aromatic carbocycles. The van der Waals surface area contributed by atoms with Crippen LogP contribution in [0.4, 0.5) is 5.69 Å². The number of nitriles is 1. The zero-order valence-electron chi connectivity index (χ0n) is 13.5. The maximum absolute atomic E-state index is 12.9. The fraction of sp³-hybridized carbons (Fsp3) is 0.176. The van der Waals surface area contributed by atoms with Crippen molar-refractivity contribution < 1.29 is 17.9 Å². The summed E-state index contributed by atoms with van der Waals surface area (Å²) in [4.78, 5) is 14.9. The molecule has 0 bridgehead atoms. The molecular formula is C17H14N2O4S2. The third kappa shape index (κ3) is 2.86. The predicted molar refractivity (Wildman–Crippen MR) is 94.8 cm³/mol. The first-order valence-electron chi connectivity index (χ1n) is 7.22. The molecule has 1 aliphatic rings. The Hall–Kier alpha value is -2.50. The van der Waals surface area contributed by atoms with Gasteiger partial charge in [-0.3, -0.25) is 9.69 Å². The number of amides is 1. The molecule has 0 fully saturated rings. The fourth-order valence-electron chi connectivity index (χ4n) is 2.75. The maximum Gasteiger partial charge on any atom is 0.259 e. The molecular weight excluding hydrogens is 360 g/mol. The van der Waals surface area contributed by atoms with Crippen molar-refractivity contribution in [3.05, 3.63) is 47.5 Å². The number of rotatable bonds is 3. The number of carbonyl (C=O) groups is 1. The first kappa shape index (κ1) is 17.3. The number of para-hydroxylation sites is 1. The van der Waals surface area contributed by atoms with Crippen molar-refractivity contribution in [1.82, 2.24) is 0 Å². The van der Waals surface area contributed by atoms with E-state index in [9.17, 15) is 18.5 Å². The molecule has 1 heterocycles. The Kier molecular flexibility index (Phi) is 4.45. The van der Waals surface area contributed by atoms with Crippen LogP contribution in [0.2, 0.25) is 0 Å². The monoisotopic (exact) mass is 374 g/mol. The van der Waals surface area contributed by atoms with E-state index in [1.807, 2.05) is 12.3 Å². The minimum atomic E-state index is -3.54. The van der Waals surface area contributed by atoms with Gasteiger partial charge in [-0.25, -0.2) is 8.42 Å². The van der Waals surface area contributed by atoms with E-state index >= 15 is 0 Å². The van der Waals surface area contributed by atoms with Gasteiger partial charge in [0.05, 0.1) is 28.2 Å². The number of ether oxygens (including phenoxy) is 1. The molecule has 1 aliphatic heterocycles. The molecule has 0 unspecified atom stereocenters. The SMILES string of the molecule is COc1c(C#N)cc(C(=O)N2CS(=O)(=O)c3ccccc32)cc1SC. The summed E-state index contributed by atoms with van der Waals surface area (Å²) in [6.45, 7) is 0. The fourth-order valence-corrected chi connectivity index (χ4v) is 4.89. The topological polar surface area (TPSA) is 87.5 Å². The van der Waals surface area contributed by atoms with Crippen molar-refractivity contribution in [1.29, 1.82) is 5.26 Å². The number of sulfone groups is 1. The normalized spacial score (nSPS) is 14.7. The first-order chi connectivity index (χ1) is 11.9. The Labute approximate surface area is 149 Å². The molecule has 0 radical (unpaired) electrons. The molecule has 0 atom stereocenters. The van der Waals surface area contributed by atoms with Gasteiger partial charge in [-0.2, -0.15) is 5.26 Å². The highest BCUT2D eigenvalue weighted by molar-refractivity contribution is 7.98. The minimum absolute atomic E-state index is 0.141. The second-order valence-corrected chi connectivity index (χ2v) is 8.09. The second-order valence-electron chi connectivity index (χ2n) is 5.32. The van der Waals surface area contributed by atoms with Gasteiger partial charge in [0.1, 0.15) is 17.7 Å². The van der Waals surface area contributed by atoms with Gasteiger partial charge in [-0.1, -0.05) is 12.1 Å². The summed E-state index contributed by atoms with van der Waals surface area (Å²) in [6.07, 6.45) is 1.81. The lowest BCUT2D eigenvalue weighted by Gasteiger charge is -2.17. The third-order valence-electron chi connectivity index (χ3n) is 3.88. The van der Waals surface area contributed by atoms with Crippen LogP contribution in [0.5, 0.6) is 5.75 Å². The molecule has 8 heteroatoms. The van der Waals surface area contributed by atoms with Crippen LogP contribution in [0.3, 0.4) is 0 Å². The maximum atomic E-state index is 12.9. The molecule has 3 rings (SSSR count). The lowest BCUT2D eigenvalue weighted by molar-refractivity contribution is 0.0991. The van der Waals surface area contributed by atoms with Gasteiger partial charge in [0.2, 0.25) is 0 Å². The lowest BCUT2D eigenvalue weighted by atomic mass is 10.1. The van der Waals surface area contributed by atoms with E-state index < -0.39 is 21.6 Å². The highest BCUT2D eigenvalue weighted by Gasteiger charge is 2.36. The van der Waals surface area contributed by atoms with Crippen LogP contribution in [0.25, 0.3) is 0 Å². The second kappa shape index (κ2) is 6.43. The van der Waals surface area contributed by atoms with Crippen LogP contribution >= 0.6 is 11.8 Å². The van der Waals surface area contributed by atoms with Crippen LogP contribution in [0.1, 0.15) is 15.9 Å². The highest BCUT2D eigenvalue weighted by atomic mass is 32.2. The van der Waals surface area contributed by atoms with Gasteiger partial charge in [-0.15, -0.1) is 11.8 Å².